The van der Waals surface area contributed by atoms with Gasteiger partial charge in [-0.15, -0.1) is 0 Å². The first-order valence-electron chi connectivity index (χ1n) is 7.97. The Morgan fingerprint density at radius 2 is 1.45 bits per heavy atom. The molecule has 1 fully saturated rings. The van der Waals surface area contributed by atoms with Gasteiger partial charge in [-0.25, -0.2) is 0 Å². The second-order valence-electron chi connectivity index (χ2n) is 7.37. The molecule has 0 aromatic heterocycles. The number of amides is 2. The van der Waals surface area contributed by atoms with Crippen LogP contribution in [-0.2, 0) is 21.5 Å². The zero-order valence-corrected chi connectivity index (χ0v) is 13.5. The first-order chi connectivity index (χ1) is 10.4. The van der Waals surface area contributed by atoms with Gasteiger partial charge in [0.1, 0.15) is 0 Å². The molecule has 3 heteroatoms. The fourth-order valence-corrected chi connectivity index (χ4v) is 3.32. The van der Waals surface area contributed by atoms with Gasteiger partial charge in [0, 0.05) is 0 Å². The summed E-state index contributed by atoms with van der Waals surface area (Å²) in [5, 5.41) is 0. The highest BCUT2D eigenvalue weighted by Gasteiger charge is 2.46. The SMILES string of the molecule is CC(C)(C)c1ccc(CN2C(=O)[C@@H]3CC=CC[C@H]3C2=O)cc1. The number of nitrogens with zero attached hydrogens (tertiary/aromatic N) is 1. The van der Waals surface area contributed by atoms with E-state index in [0.29, 0.717) is 19.4 Å². The van der Waals surface area contributed by atoms with Crippen LogP contribution in [0.2, 0.25) is 0 Å². The summed E-state index contributed by atoms with van der Waals surface area (Å²) in [4.78, 5) is 26.4. The van der Waals surface area contributed by atoms with Crippen LogP contribution in [0.15, 0.2) is 36.4 Å². The lowest BCUT2D eigenvalue weighted by Gasteiger charge is -2.20. The van der Waals surface area contributed by atoms with Crippen molar-refractivity contribution in [2.45, 2.75) is 45.6 Å². The molecule has 0 radical (unpaired) electrons. The van der Waals surface area contributed by atoms with Crippen LogP contribution in [0.3, 0.4) is 0 Å². The number of carbonyl (C=O) groups is 2. The second-order valence-corrected chi connectivity index (χ2v) is 7.37. The van der Waals surface area contributed by atoms with Crippen LogP contribution in [-0.4, -0.2) is 16.7 Å². The van der Waals surface area contributed by atoms with Crippen molar-refractivity contribution in [1.82, 2.24) is 4.90 Å². The Labute approximate surface area is 132 Å². The predicted molar refractivity (Wildman–Crippen MR) is 86.1 cm³/mol. The minimum absolute atomic E-state index is 0.000696. The van der Waals surface area contributed by atoms with Crippen molar-refractivity contribution in [1.29, 1.82) is 0 Å². The van der Waals surface area contributed by atoms with E-state index < -0.39 is 0 Å². The summed E-state index contributed by atoms with van der Waals surface area (Å²) < 4.78 is 0. The molecular weight excluding hydrogens is 274 g/mol. The molecule has 1 aliphatic heterocycles. The van der Waals surface area contributed by atoms with E-state index in [-0.39, 0.29) is 29.1 Å². The van der Waals surface area contributed by atoms with Crippen molar-refractivity contribution in [3.63, 3.8) is 0 Å². The Bertz CT molecular complexity index is 596. The van der Waals surface area contributed by atoms with E-state index in [1.165, 1.54) is 10.5 Å². The zero-order valence-electron chi connectivity index (χ0n) is 13.5. The molecule has 0 spiro atoms. The number of allylic oxidation sites excluding steroid dienone is 2. The maximum Gasteiger partial charge on any atom is 0.233 e. The average Bonchev–Trinajstić information content (AvgIpc) is 2.73. The van der Waals surface area contributed by atoms with Gasteiger partial charge in [-0.05, 0) is 29.4 Å². The van der Waals surface area contributed by atoms with E-state index in [4.69, 9.17) is 0 Å². The summed E-state index contributed by atoms with van der Waals surface area (Å²) in [6, 6.07) is 8.24. The van der Waals surface area contributed by atoms with Gasteiger partial charge in [0.25, 0.3) is 0 Å². The van der Waals surface area contributed by atoms with Crippen LogP contribution in [0.5, 0.6) is 0 Å². The van der Waals surface area contributed by atoms with E-state index in [1.54, 1.807) is 0 Å². The molecule has 0 N–H and O–H groups in total. The molecule has 1 aromatic carbocycles. The summed E-state index contributed by atoms with van der Waals surface area (Å²) in [5.74, 6) is -0.267. The number of carbonyl (C=O) groups excluding carboxylic acids is 2. The minimum atomic E-state index is -0.133. The maximum absolute atomic E-state index is 12.5. The van der Waals surface area contributed by atoms with Gasteiger partial charge in [0.15, 0.2) is 0 Å². The first-order valence-corrected chi connectivity index (χ1v) is 7.97. The van der Waals surface area contributed by atoms with Crippen molar-refractivity contribution in [2.75, 3.05) is 0 Å². The number of benzene rings is 1. The Hall–Kier alpha value is -1.90. The van der Waals surface area contributed by atoms with E-state index in [2.05, 4.69) is 32.9 Å². The van der Waals surface area contributed by atoms with E-state index in [0.717, 1.165) is 5.56 Å². The van der Waals surface area contributed by atoms with Crippen LogP contribution < -0.4 is 0 Å². The standard InChI is InChI=1S/C19H23NO2/c1-19(2,3)14-10-8-13(9-11-14)12-20-17(21)15-6-4-5-7-16(15)18(20)22/h4-5,8-11,15-16H,6-7,12H2,1-3H3/t15-,16-/m1/s1. The highest BCUT2D eigenvalue weighted by molar-refractivity contribution is 6.05. The number of hydrogen-bond donors (Lipinski definition) is 0. The number of likely N-dealkylation sites (tertiary alicyclic amines) is 1. The number of imide groups is 1. The molecule has 0 saturated carbocycles. The fraction of sp³-hybridized carbons (Fsp3) is 0.474. The molecule has 2 atom stereocenters. The lowest BCUT2D eigenvalue weighted by atomic mass is 9.85. The van der Waals surface area contributed by atoms with Crippen molar-refractivity contribution < 1.29 is 9.59 Å². The molecule has 22 heavy (non-hydrogen) atoms. The van der Waals surface area contributed by atoms with Crippen molar-refractivity contribution in [2.24, 2.45) is 11.8 Å². The molecule has 0 bridgehead atoms. The molecule has 2 amide bonds. The topological polar surface area (TPSA) is 37.4 Å². The van der Waals surface area contributed by atoms with Crippen LogP contribution in [0.4, 0.5) is 0 Å². The van der Waals surface area contributed by atoms with Crippen LogP contribution in [0, 0.1) is 11.8 Å². The van der Waals surface area contributed by atoms with E-state index in [1.807, 2.05) is 24.3 Å². The highest BCUT2D eigenvalue weighted by atomic mass is 16.2. The minimum Gasteiger partial charge on any atom is -0.278 e. The largest absolute Gasteiger partial charge is 0.278 e. The molecule has 1 aromatic rings. The van der Waals surface area contributed by atoms with Gasteiger partial charge >= 0.3 is 0 Å². The summed E-state index contributed by atoms with van der Waals surface area (Å²) >= 11 is 0. The van der Waals surface area contributed by atoms with Gasteiger partial charge in [0.05, 0.1) is 18.4 Å². The Morgan fingerprint density at radius 3 is 1.91 bits per heavy atom. The molecule has 0 unspecified atom stereocenters. The smallest absolute Gasteiger partial charge is 0.233 e. The maximum atomic E-state index is 12.5. The monoisotopic (exact) mass is 297 g/mol. The molecular formula is C19H23NO2. The zero-order chi connectivity index (χ0) is 15.9. The van der Waals surface area contributed by atoms with Crippen LogP contribution in [0.25, 0.3) is 0 Å². The molecule has 2 aliphatic rings. The van der Waals surface area contributed by atoms with Gasteiger partial charge in [-0.2, -0.15) is 0 Å². The van der Waals surface area contributed by atoms with E-state index >= 15 is 0 Å². The van der Waals surface area contributed by atoms with Crippen molar-refractivity contribution in [3.8, 4) is 0 Å². The lowest BCUT2D eigenvalue weighted by Crippen LogP contribution is -2.30. The first kappa shape index (κ1) is 15.0. The third-order valence-corrected chi connectivity index (χ3v) is 4.76. The normalized spacial score (nSPS) is 24.8. The lowest BCUT2D eigenvalue weighted by molar-refractivity contribution is -0.140. The number of rotatable bonds is 2. The van der Waals surface area contributed by atoms with Gasteiger partial charge < -0.3 is 0 Å². The third-order valence-electron chi connectivity index (χ3n) is 4.76. The second kappa shape index (κ2) is 5.38. The predicted octanol–water partition coefficient (Wildman–Crippen LogP) is 3.44. The Balaban J connectivity index is 1.76. The quantitative estimate of drug-likeness (QED) is 0.619. The summed E-state index contributed by atoms with van der Waals surface area (Å²) in [6.45, 7) is 6.92. The molecule has 1 saturated heterocycles. The molecule has 1 aliphatic carbocycles. The summed E-state index contributed by atoms with van der Waals surface area (Å²) in [6.07, 6.45) is 5.45. The molecule has 3 nitrogen and oxygen atoms in total. The Morgan fingerprint density at radius 1 is 0.955 bits per heavy atom. The van der Waals surface area contributed by atoms with Gasteiger partial charge in [-0.3, -0.25) is 14.5 Å². The number of hydrogen-bond acceptors (Lipinski definition) is 2. The summed E-state index contributed by atoms with van der Waals surface area (Å²) in [5.41, 5.74) is 2.38. The third kappa shape index (κ3) is 2.60. The summed E-state index contributed by atoms with van der Waals surface area (Å²) in [7, 11) is 0. The van der Waals surface area contributed by atoms with Crippen LogP contribution in [0.1, 0.15) is 44.7 Å². The van der Waals surface area contributed by atoms with Gasteiger partial charge in [-0.1, -0.05) is 57.2 Å². The molecule has 3 rings (SSSR count). The van der Waals surface area contributed by atoms with Crippen molar-refractivity contribution >= 4 is 11.8 Å². The highest BCUT2D eigenvalue weighted by Crippen LogP contribution is 2.35. The van der Waals surface area contributed by atoms with Crippen LogP contribution >= 0.6 is 0 Å². The number of fused-ring (bicyclic) bond motifs is 1. The molecule has 116 valence electrons. The average molecular weight is 297 g/mol. The van der Waals surface area contributed by atoms with Crippen molar-refractivity contribution in [3.05, 3.63) is 47.5 Å². The Kier molecular flexibility index (Phi) is 3.67. The van der Waals surface area contributed by atoms with E-state index in [9.17, 15) is 9.59 Å². The molecule has 1 heterocycles. The van der Waals surface area contributed by atoms with Gasteiger partial charge in [0.2, 0.25) is 11.8 Å². The fourth-order valence-electron chi connectivity index (χ4n) is 3.32.